The standard InChI is InChI=1S/C13H22N4O3S/c1-15-4-3-13(8-15)9-17(5-6-20-10-13)21(18,19)12-7-16(2)11-14-12/h7,11H,3-6,8-10H2,1-2H3/t13-/m1/s1. The van der Waals surface area contributed by atoms with Gasteiger partial charge in [0.15, 0.2) is 5.03 Å². The van der Waals surface area contributed by atoms with E-state index >= 15 is 0 Å². The van der Waals surface area contributed by atoms with Crippen LogP contribution in [-0.4, -0.2) is 73.6 Å². The minimum atomic E-state index is -3.54. The molecule has 0 N–H and O–H groups in total. The van der Waals surface area contributed by atoms with Crippen LogP contribution in [0.1, 0.15) is 6.42 Å². The highest BCUT2D eigenvalue weighted by atomic mass is 32.2. The number of sulfonamides is 1. The molecule has 2 saturated heterocycles. The fourth-order valence-corrected chi connectivity index (χ4v) is 4.72. The van der Waals surface area contributed by atoms with Crippen LogP contribution in [0.3, 0.4) is 0 Å². The number of aromatic nitrogens is 2. The highest BCUT2D eigenvalue weighted by molar-refractivity contribution is 7.89. The number of ether oxygens (including phenoxy) is 1. The number of imidazole rings is 1. The zero-order valence-electron chi connectivity index (χ0n) is 12.5. The maximum absolute atomic E-state index is 12.8. The lowest BCUT2D eigenvalue weighted by Crippen LogP contribution is -2.43. The first kappa shape index (κ1) is 15.0. The van der Waals surface area contributed by atoms with E-state index in [2.05, 4.69) is 16.9 Å². The predicted molar refractivity (Wildman–Crippen MR) is 77.3 cm³/mol. The van der Waals surface area contributed by atoms with Crippen molar-refractivity contribution in [3.63, 3.8) is 0 Å². The fraction of sp³-hybridized carbons (Fsp3) is 0.769. The zero-order valence-corrected chi connectivity index (χ0v) is 13.3. The monoisotopic (exact) mass is 314 g/mol. The van der Waals surface area contributed by atoms with E-state index in [1.54, 1.807) is 22.1 Å². The van der Waals surface area contributed by atoms with Gasteiger partial charge in [0.25, 0.3) is 10.0 Å². The first-order valence-electron chi connectivity index (χ1n) is 7.16. The average Bonchev–Trinajstić information content (AvgIpc) is 2.93. The topological polar surface area (TPSA) is 67.7 Å². The molecule has 8 heteroatoms. The molecular weight excluding hydrogens is 292 g/mol. The van der Waals surface area contributed by atoms with Gasteiger partial charge in [-0.15, -0.1) is 0 Å². The zero-order chi connectivity index (χ0) is 15.1. The van der Waals surface area contributed by atoms with Gasteiger partial charge in [0.1, 0.15) is 0 Å². The largest absolute Gasteiger partial charge is 0.379 e. The average molecular weight is 314 g/mol. The quantitative estimate of drug-likeness (QED) is 0.754. The van der Waals surface area contributed by atoms with Crippen LogP contribution >= 0.6 is 0 Å². The molecule has 0 unspecified atom stereocenters. The first-order valence-corrected chi connectivity index (χ1v) is 8.60. The minimum Gasteiger partial charge on any atom is -0.379 e. The van der Waals surface area contributed by atoms with Crippen molar-refractivity contribution in [3.8, 4) is 0 Å². The second-order valence-electron chi connectivity index (χ2n) is 6.26. The number of likely N-dealkylation sites (tertiary alicyclic amines) is 1. The molecule has 1 aromatic heterocycles. The summed E-state index contributed by atoms with van der Waals surface area (Å²) in [5, 5.41) is 0.119. The Morgan fingerprint density at radius 1 is 1.29 bits per heavy atom. The van der Waals surface area contributed by atoms with Gasteiger partial charge in [-0.25, -0.2) is 13.4 Å². The molecule has 3 rings (SSSR count). The lowest BCUT2D eigenvalue weighted by molar-refractivity contribution is 0.0743. The number of aryl methyl sites for hydroxylation is 1. The van der Waals surface area contributed by atoms with E-state index < -0.39 is 10.0 Å². The van der Waals surface area contributed by atoms with E-state index in [0.29, 0.717) is 26.3 Å². The molecule has 0 radical (unpaired) electrons. The molecule has 21 heavy (non-hydrogen) atoms. The molecule has 0 aliphatic carbocycles. The summed E-state index contributed by atoms with van der Waals surface area (Å²) in [6, 6.07) is 0. The Bertz CT molecular complexity index is 615. The molecule has 3 heterocycles. The van der Waals surface area contributed by atoms with Gasteiger partial charge in [-0.05, 0) is 20.0 Å². The summed E-state index contributed by atoms with van der Waals surface area (Å²) in [4.78, 5) is 6.24. The number of rotatable bonds is 2. The second-order valence-corrected chi connectivity index (χ2v) is 8.14. The van der Waals surface area contributed by atoms with Crippen LogP contribution in [0.15, 0.2) is 17.6 Å². The normalized spacial score (nSPS) is 29.0. The fourth-order valence-electron chi connectivity index (χ4n) is 3.22. The van der Waals surface area contributed by atoms with Gasteiger partial charge >= 0.3 is 0 Å². The van der Waals surface area contributed by atoms with Crippen LogP contribution in [0.25, 0.3) is 0 Å². The molecule has 2 aliphatic rings. The molecule has 0 bridgehead atoms. The summed E-state index contributed by atoms with van der Waals surface area (Å²) >= 11 is 0. The van der Waals surface area contributed by atoms with Crippen molar-refractivity contribution >= 4 is 10.0 Å². The maximum atomic E-state index is 12.8. The molecular formula is C13H22N4O3S. The Morgan fingerprint density at radius 3 is 2.71 bits per heavy atom. The van der Waals surface area contributed by atoms with E-state index in [4.69, 9.17) is 4.74 Å². The van der Waals surface area contributed by atoms with Crippen LogP contribution in [0, 0.1) is 5.41 Å². The molecule has 2 aliphatic heterocycles. The molecule has 1 spiro atoms. The Labute approximate surface area is 125 Å². The SMILES string of the molecule is CN1CC[C@@]2(COCCN(S(=O)(=O)c3cn(C)cn3)C2)C1. The van der Waals surface area contributed by atoms with Crippen molar-refractivity contribution in [1.29, 1.82) is 0 Å². The van der Waals surface area contributed by atoms with E-state index in [9.17, 15) is 8.42 Å². The van der Waals surface area contributed by atoms with Gasteiger partial charge in [-0.2, -0.15) is 4.31 Å². The predicted octanol–water partition coefficient (Wildman–Crippen LogP) is -0.237. The van der Waals surface area contributed by atoms with Crippen molar-refractivity contribution in [2.75, 3.05) is 46.4 Å². The minimum absolute atomic E-state index is 0.0902. The molecule has 2 fully saturated rings. The molecule has 1 aromatic rings. The van der Waals surface area contributed by atoms with Gasteiger partial charge in [0.05, 0.1) is 19.5 Å². The summed E-state index contributed by atoms with van der Waals surface area (Å²) in [7, 11) is 0.293. The van der Waals surface area contributed by atoms with Crippen LogP contribution in [0.4, 0.5) is 0 Å². The molecule has 1 atom stereocenters. The van der Waals surface area contributed by atoms with Crippen molar-refractivity contribution in [1.82, 2.24) is 18.8 Å². The third-order valence-electron chi connectivity index (χ3n) is 4.32. The van der Waals surface area contributed by atoms with Gasteiger partial charge in [-0.3, -0.25) is 0 Å². The highest BCUT2D eigenvalue weighted by Crippen LogP contribution is 2.34. The second kappa shape index (κ2) is 5.35. The van der Waals surface area contributed by atoms with Crippen molar-refractivity contribution < 1.29 is 13.2 Å². The van der Waals surface area contributed by atoms with Crippen molar-refractivity contribution in [3.05, 3.63) is 12.5 Å². The number of hydrogen-bond acceptors (Lipinski definition) is 5. The van der Waals surface area contributed by atoms with E-state index in [1.807, 2.05) is 0 Å². The lowest BCUT2D eigenvalue weighted by atomic mass is 9.88. The summed E-state index contributed by atoms with van der Waals surface area (Å²) in [6.45, 7) is 3.84. The summed E-state index contributed by atoms with van der Waals surface area (Å²) < 4.78 is 34.4. The Hall–Kier alpha value is -0.960. The smallest absolute Gasteiger partial charge is 0.262 e. The molecule has 0 amide bonds. The van der Waals surface area contributed by atoms with Gasteiger partial charge in [0, 0.05) is 38.3 Å². The Balaban J connectivity index is 1.87. The van der Waals surface area contributed by atoms with Crippen molar-refractivity contribution in [2.24, 2.45) is 12.5 Å². The Morgan fingerprint density at radius 2 is 2.10 bits per heavy atom. The highest BCUT2D eigenvalue weighted by Gasteiger charge is 2.43. The molecule has 7 nitrogen and oxygen atoms in total. The van der Waals surface area contributed by atoms with Gasteiger partial charge < -0.3 is 14.2 Å². The summed E-state index contributed by atoms with van der Waals surface area (Å²) in [5.74, 6) is 0. The number of nitrogens with zero attached hydrogens (tertiary/aromatic N) is 4. The van der Waals surface area contributed by atoms with Gasteiger partial charge in [0.2, 0.25) is 0 Å². The summed E-state index contributed by atoms with van der Waals surface area (Å²) in [5.41, 5.74) is -0.0902. The number of hydrogen-bond donors (Lipinski definition) is 0. The van der Waals surface area contributed by atoms with Crippen LogP contribution < -0.4 is 0 Å². The molecule has 0 saturated carbocycles. The van der Waals surface area contributed by atoms with Crippen LogP contribution in [0.2, 0.25) is 0 Å². The van der Waals surface area contributed by atoms with Crippen molar-refractivity contribution in [2.45, 2.75) is 11.4 Å². The Kier molecular flexibility index (Phi) is 3.81. The molecule has 118 valence electrons. The lowest BCUT2D eigenvalue weighted by Gasteiger charge is -2.30. The summed E-state index contributed by atoms with van der Waals surface area (Å²) in [6.07, 6.45) is 4.03. The van der Waals surface area contributed by atoms with E-state index in [0.717, 1.165) is 19.5 Å². The maximum Gasteiger partial charge on any atom is 0.262 e. The van der Waals surface area contributed by atoms with Crippen LogP contribution in [0.5, 0.6) is 0 Å². The van der Waals surface area contributed by atoms with E-state index in [-0.39, 0.29) is 10.4 Å². The third kappa shape index (κ3) is 2.85. The third-order valence-corrected chi connectivity index (χ3v) is 6.05. The van der Waals surface area contributed by atoms with Crippen LogP contribution in [-0.2, 0) is 21.8 Å². The first-order chi connectivity index (χ1) is 9.91. The van der Waals surface area contributed by atoms with Gasteiger partial charge in [-0.1, -0.05) is 0 Å². The van der Waals surface area contributed by atoms with E-state index in [1.165, 1.54) is 6.33 Å². The molecule has 0 aromatic carbocycles.